The number of para-hydroxylation sites is 1. The van der Waals surface area contributed by atoms with Gasteiger partial charge in [0.2, 0.25) is 0 Å². The van der Waals surface area contributed by atoms with Crippen LogP contribution in [0.3, 0.4) is 0 Å². The van der Waals surface area contributed by atoms with Crippen LogP contribution in [-0.2, 0) is 6.42 Å². The Labute approximate surface area is 97.0 Å². The van der Waals surface area contributed by atoms with Gasteiger partial charge in [-0.15, -0.1) is 0 Å². The molecule has 0 fully saturated rings. The lowest BCUT2D eigenvalue weighted by atomic mass is 10.0. The number of hydrogen-bond acceptors (Lipinski definition) is 2. The Bertz CT molecular complexity index is 480. The molecule has 2 aromatic rings. The summed E-state index contributed by atoms with van der Waals surface area (Å²) in [4.78, 5) is 0. The Morgan fingerprint density at radius 2 is 2.13 bits per heavy atom. The van der Waals surface area contributed by atoms with E-state index >= 15 is 0 Å². The van der Waals surface area contributed by atoms with Gasteiger partial charge in [0.05, 0.1) is 10.1 Å². The number of aliphatic hydroxyl groups is 1. The fourth-order valence-corrected chi connectivity index (χ4v) is 2.06. The molecule has 0 bridgehead atoms. The summed E-state index contributed by atoms with van der Waals surface area (Å²) in [5, 5.41) is 10.8. The van der Waals surface area contributed by atoms with Crippen LogP contribution in [-0.4, -0.2) is 10.7 Å². The van der Waals surface area contributed by atoms with Gasteiger partial charge < -0.3 is 9.52 Å². The minimum Gasteiger partial charge on any atom is -0.460 e. The molecule has 0 saturated heterocycles. The van der Waals surface area contributed by atoms with Gasteiger partial charge in [0.15, 0.2) is 0 Å². The Morgan fingerprint density at radius 1 is 1.40 bits per heavy atom. The summed E-state index contributed by atoms with van der Waals surface area (Å²) in [7, 11) is 0. The van der Waals surface area contributed by atoms with E-state index in [4.69, 9.17) is 4.42 Å². The molecule has 80 valence electrons. The van der Waals surface area contributed by atoms with Gasteiger partial charge in [-0.05, 0) is 41.9 Å². The van der Waals surface area contributed by atoms with Crippen LogP contribution >= 0.6 is 15.9 Å². The molecular weight excluding hydrogens is 256 g/mol. The van der Waals surface area contributed by atoms with Crippen molar-refractivity contribution in [2.75, 3.05) is 0 Å². The molecule has 3 heteroatoms. The van der Waals surface area contributed by atoms with Crippen LogP contribution in [0, 0.1) is 0 Å². The monoisotopic (exact) mass is 268 g/mol. The SMILES string of the molecule is CC(C)(O)Cc1cc2cccc(Br)c2o1. The van der Waals surface area contributed by atoms with Crippen LogP contribution in [0.25, 0.3) is 11.0 Å². The predicted molar refractivity (Wildman–Crippen MR) is 63.9 cm³/mol. The maximum absolute atomic E-state index is 9.69. The van der Waals surface area contributed by atoms with E-state index in [9.17, 15) is 5.11 Å². The zero-order chi connectivity index (χ0) is 11.1. The Balaban J connectivity index is 2.44. The van der Waals surface area contributed by atoms with Crippen LogP contribution in [0.1, 0.15) is 19.6 Å². The van der Waals surface area contributed by atoms with Crippen molar-refractivity contribution in [1.29, 1.82) is 0 Å². The smallest absolute Gasteiger partial charge is 0.148 e. The number of fused-ring (bicyclic) bond motifs is 1. The van der Waals surface area contributed by atoms with Gasteiger partial charge in [-0.25, -0.2) is 0 Å². The van der Waals surface area contributed by atoms with Crippen molar-refractivity contribution in [1.82, 2.24) is 0 Å². The first-order chi connectivity index (χ1) is 6.96. The van der Waals surface area contributed by atoms with Gasteiger partial charge >= 0.3 is 0 Å². The molecule has 0 aliphatic heterocycles. The molecule has 0 amide bonds. The van der Waals surface area contributed by atoms with E-state index in [2.05, 4.69) is 15.9 Å². The van der Waals surface area contributed by atoms with E-state index in [1.807, 2.05) is 24.3 Å². The van der Waals surface area contributed by atoms with Crippen molar-refractivity contribution in [2.45, 2.75) is 25.9 Å². The van der Waals surface area contributed by atoms with Crippen LogP contribution < -0.4 is 0 Å². The molecule has 1 N–H and O–H groups in total. The van der Waals surface area contributed by atoms with E-state index in [0.717, 1.165) is 21.2 Å². The maximum Gasteiger partial charge on any atom is 0.148 e. The molecule has 1 aromatic carbocycles. The molecule has 0 aliphatic carbocycles. The molecule has 0 radical (unpaired) electrons. The zero-order valence-electron chi connectivity index (χ0n) is 8.75. The summed E-state index contributed by atoms with van der Waals surface area (Å²) in [6.45, 7) is 3.55. The Morgan fingerprint density at radius 3 is 2.73 bits per heavy atom. The third-order valence-corrected chi connectivity index (χ3v) is 2.78. The van der Waals surface area contributed by atoms with E-state index in [-0.39, 0.29) is 0 Å². The predicted octanol–water partition coefficient (Wildman–Crippen LogP) is 3.51. The van der Waals surface area contributed by atoms with Gasteiger partial charge in [-0.1, -0.05) is 12.1 Å². The summed E-state index contributed by atoms with van der Waals surface area (Å²) in [6.07, 6.45) is 0.522. The summed E-state index contributed by atoms with van der Waals surface area (Å²) in [5.41, 5.74) is 0.108. The second-order valence-corrected chi connectivity index (χ2v) is 5.21. The molecule has 15 heavy (non-hydrogen) atoms. The number of halogens is 1. The molecule has 0 aliphatic rings. The zero-order valence-corrected chi connectivity index (χ0v) is 10.3. The molecule has 0 atom stereocenters. The van der Waals surface area contributed by atoms with Crippen LogP contribution in [0.4, 0.5) is 0 Å². The average Bonchev–Trinajstić information content (AvgIpc) is 2.45. The van der Waals surface area contributed by atoms with Gasteiger partial charge in [0.25, 0.3) is 0 Å². The first-order valence-corrected chi connectivity index (χ1v) is 5.64. The van der Waals surface area contributed by atoms with Crippen molar-refractivity contribution in [3.8, 4) is 0 Å². The Hall–Kier alpha value is -0.800. The van der Waals surface area contributed by atoms with Gasteiger partial charge in [0.1, 0.15) is 11.3 Å². The average molecular weight is 269 g/mol. The largest absolute Gasteiger partial charge is 0.460 e. The number of hydrogen-bond donors (Lipinski definition) is 1. The van der Waals surface area contributed by atoms with Crippen LogP contribution in [0.15, 0.2) is 33.2 Å². The van der Waals surface area contributed by atoms with E-state index in [1.165, 1.54) is 0 Å². The topological polar surface area (TPSA) is 33.4 Å². The first-order valence-electron chi connectivity index (χ1n) is 4.85. The van der Waals surface area contributed by atoms with Crippen LogP contribution in [0.2, 0.25) is 0 Å². The molecular formula is C12H13BrO2. The lowest BCUT2D eigenvalue weighted by Gasteiger charge is -2.14. The van der Waals surface area contributed by atoms with Crippen molar-refractivity contribution in [3.05, 3.63) is 34.5 Å². The number of benzene rings is 1. The molecule has 0 saturated carbocycles. The highest BCUT2D eigenvalue weighted by molar-refractivity contribution is 9.10. The number of furan rings is 1. The summed E-state index contributed by atoms with van der Waals surface area (Å²) < 4.78 is 6.61. The molecule has 2 nitrogen and oxygen atoms in total. The fourth-order valence-electron chi connectivity index (χ4n) is 1.59. The van der Waals surface area contributed by atoms with Crippen LogP contribution in [0.5, 0.6) is 0 Å². The highest BCUT2D eigenvalue weighted by atomic mass is 79.9. The molecule has 1 heterocycles. The van der Waals surface area contributed by atoms with Crippen molar-refractivity contribution in [3.63, 3.8) is 0 Å². The summed E-state index contributed by atoms with van der Waals surface area (Å²) >= 11 is 3.43. The number of rotatable bonds is 2. The maximum atomic E-state index is 9.69. The third-order valence-electron chi connectivity index (χ3n) is 2.15. The normalized spacial score (nSPS) is 12.3. The highest BCUT2D eigenvalue weighted by Crippen LogP contribution is 2.28. The van der Waals surface area contributed by atoms with Gasteiger partial charge in [-0.2, -0.15) is 0 Å². The summed E-state index contributed by atoms with van der Waals surface area (Å²) in [5.74, 6) is 0.810. The molecule has 0 spiro atoms. The van der Waals surface area contributed by atoms with Crippen molar-refractivity contribution < 1.29 is 9.52 Å². The molecule has 2 rings (SSSR count). The van der Waals surface area contributed by atoms with Crippen molar-refractivity contribution in [2.24, 2.45) is 0 Å². The van der Waals surface area contributed by atoms with E-state index in [0.29, 0.717) is 6.42 Å². The van der Waals surface area contributed by atoms with Gasteiger partial charge in [0, 0.05) is 11.8 Å². The lowest BCUT2D eigenvalue weighted by Crippen LogP contribution is -2.21. The quantitative estimate of drug-likeness (QED) is 0.905. The van der Waals surface area contributed by atoms with E-state index < -0.39 is 5.60 Å². The van der Waals surface area contributed by atoms with Gasteiger partial charge in [-0.3, -0.25) is 0 Å². The first kappa shape index (κ1) is 10.7. The minimum atomic E-state index is -0.736. The second-order valence-electron chi connectivity index (χ2n) is 4.36. The lowest BCUT2D eigenvalue weighted by molar-refractivity contribution is 0.0757. The molecule has 1 aromatic heterocycles. The summed E-state index contributed by atoms with van der Waals surface area (Å²) in [6, 6.07) is 7.88. The second kappa shape index (κ2) is 3.65. The Kier molecular flexibility index (Phi) is 2.61. The fraction of sp³-hybridized carbons (Fsp3) is 0.333. The standard InChI is InChI=1S/C12H13BrO2/c1-12(2,14)7-9-6-8-4-3-5-10(13)11(8)15-9/h3-6,14H,7H2,1-2H3. The minimum absolute atomic E-state index is 0.522. The highest BCUT2D eigenvalue weighted by Gasteiger charge is 2.17. The third kappa shape index (κ3) is 2.41. The van der Waals surface area contributed by atoms with E-state index in [1.54, 1.807) is 13.8 Å². The van der Waals surface area contributed by atoms with Crippen molar-refractivity contribution >= 4 is 26.9 Å². The molecule has 0 unspecified atom stereocenters.